The summed E-state index contributed by atoms with van der Waals surface area (Å²) in [6, 6.07) is 19.5. The number of nitrogens with zero attached hydrogens (tertiary/aromatic N) is 2. The van der Waals surface area contributed by atoms with Crippen LogP contribution in [-0.2, 0) is 11.3 Å². The highest BCUT2D eigenvalue weighted by atomic mass is 16.4. The van der Waals surface area contributed by atoms with Crippen molar-refractivity contribution in [1.82, 2.24) is 15.5 Å². The number of amides is 1. The van der Waals surface area contributed by atoms with Crippen molar-refractivity contribution in [3.63, 3.8) is 0 Å². The monoisotopic (exact) mass is 335 g/mol. The molecule has 128 valence electrons. The molecule has 0 aliphatic rings. The number of nitrogens with one attached hydrogen (secondary N) is 1. The van der Waals surface area contributed by atoms with Gasteiger partial charge < -0.3 is 9.73 Å². The molecule has 5 nitrogen and oxygen atoms in total. The molecule has 25 heavy (non-hydrogen) atoms. The van der Waals surface area contributed by atoms with Crippen LogP contribution in [0.5, 0.6) is 0 Å². The van der Waals surface area contributed by atoms with E-state index in [4.69, 9.17) is 4.42 Å². The van der Waals surface area contributed by atoms with Crippen molar-refractivity contribution in [3.05, 3.63) is 83.6 Å². The van der Waals surface area contributed by atoms with E-state index in [9.17, 15) is 4.79 Å². The summed E-state index contributed by atoms with van der Waals surface area (Å²) in [4.78, 5) is 12.9. The Hall–Kier alpha value is -2.95. The number of hydrogen-bond acceptors (Lipinski definition) is 4. The first-order valence-corrected chi connectivity index (χ1v) is 8.35. The number of aromatic nitrogens is 2. The molecule has 0 atom stereocenters. The third kappa shape index (κ3) is 4.12. The van der Waals surface area contributed by atoms with Crippen molar-refractivity contribution in [3.8, 4) is 0 Å². The lowest BCUT2D eigenvalue weighted by Crippen LogP contribution is -2.29. The topological polar surface area (TPSA) is 68.0 Å². The maximum atomic E-state index is 12.9. The van der Waals surface area contributed by atoms with Crippen molar-refractivity contribution in [2.24, 2.45) is 0 Å². The van der Waals surface area contributed by atoms with Crippen LogP contribution in [0.2, 0.25) is 0 Å². The zero-order chi connectivity index (χ0) is 17.6. The maximum absolute atomic E-state index is 12.9. The second-order valence-electron chi connectivity index (χ2n) is 6.16. The summed E-state index contributed by atoms with van der Waals surface area (Å²) in [5.74, 6) is 0.679. The molecule has 2 aromatic carbocycles. The summed E-state index contributed by atoms with van der Waals surface area (Å²) in [5.41, 5.74) is 1.89. The SMILES string of the molecule is CC(C)c1nnc(CNC(=O)C(c2ccccc2)c2ccccc2)o1. The van der Waals surface area contributed by atoms with Crippen molar-refractivity contribution in [2.75, 3.05) is 0 Å². The molecule has 0 bridgehead atoms. The Balaban J connectivity index is 1.77. The van der Waals surface area contributed by atoms with Crippen molar-refractivity contribution in [1.29, 1.82) is 0 Å². The summed E-state index contributed by atoms with van der Waals surface area (Å²) < 4.78 is 5.55. The van der Waals surface area contributed by atoms with Gasteiger partial charge in [0.1, 0.15) is 0 Å². The van der Waals surface area contributed by atoms with Gasteiger partial charge in [0, 0.05) is 5.92 Å². The van der Waals surface area contributed by atoms with E-state index in [1.54, 1.807) is 0 Å². The first kappa shape index (κ1) is 16.9. The third-order valence-corrected chi connectivity index (χ3v) is 3.92. The van der Waals surface area contributed by atoms with Crippen LogP contribution in [0.15, 0.2) is 65.1 Å². The molecule has 1 heterocycles. The Morgan fingerprint density at radius 2 is 1.52 bits per heavy atom. The Morgan fingerprint density at radius 1 is 0.960 bits per heavy atom. The predicted molar refractivity (Wildman–Crippen MR) is 95.0 cm³/mol. The van der Waals surface area contributed by atoms with Gasteiger partial charge in [-0.2, -0.15) is 0 Å². The van der Waals surface area contributed by atoms with Crippen molar-refractivity contribution < 1.29 is 9.21 Å². The van der Waals surface area contributed by atoms with Gasteiger partial charge in [-0.25, -0.2) is 0 Å². The van der Waals surface area contributed by atoms with E-state index in [0.29, 0.717) is 11.8 Å². The Kier molecular flexibility index (Phi) is 5.23. The van der Waals surface area contributed by atoms with Gasteiger partial charge in [-0.15, -0.1) is 10.2 Å². The fourth-order valence-electron chi connectivity index (χ4n) is 2.62. The predicted octanol–water partition coefficient (Wildman–Crippen LogP) is 3.64. The zero-order valence-electron chi connectivity index (χ0n) is 14.3. The van der Waals surface area contributed by atoms with Crippen LogP contribution in [0.3, 0.4) is 0 Å². The molecule has 5 heteroatoms. The number of benzene rings is 2. The normalized spacial score (nSPS) is 11.0. The quantitative estimate of drug-likeness (QED) is 0.747. The van der Waals surface area contributed by atoms with Crippen LogP contribution >= 0.6 is 0 Å². The fraction of sp³-hybridized carbons (Fsp3) is 0.250. The fourth-order valence-corrected chi connectivity index (χ4v) is 2.62. The van der Waals surface area contributed by atoms with Crippen molar-refractivity contribution >= 4 is 5.91 Å². The molecule has 0 saturated heterocycles. The first-order chi connectivity index (χ1) is 12.1. The molecule has 0 fully saturated rings. The van der Waals surface area contributed by atoms with Crippen LogP contribution < -0.4 is 5.32 Å². The van der Waals surface area contributed by atoms with Crippen LogP contribution in [0.25, 0.3) is 0 Å². The lowest BCUT2D eigenvalue weighted by molar-refractivity contribution is -0.122. The van der Waals surface area contributed by atoms with E-state index in [1.807, 2.05) is 74.5 Å². The molecule has 1 N–H and O–H groups in total. The summed E-state index contributed by atoms with van der Waals surface area (Å²) >= 11 is 0. The van der Waals surface area contributed by atoms with Gasteiger partial charge in [0.05, 0.1) is 12.5 Å². The van der Waals surface area contributed by atoms with Gasteiger partial charge in [-0.05, 0) is 11.1 Å². The minimum Gasteiger partial charge on any atom is -0.423 e. The molecule has 0 aliphatic carbocycles. The second-order valence-corrected chi connectivity index (χ2v) is 6.16. The minimum absolute atomic E-state index is 0.0957. The number of rotatable bonds is 6. The molecule has 0 saturated carbocycles. The molecule has 0 spiro atoms. The molecule has 1 aromatic heterocycles. The molecule has 0 radical (unpaired) electrons. The molecular weight excluding hydrogens is 314 g/mol. The second kappa shape index (κ2) is 7.75. The van der Waals surface area contributed by atoms with Gasteiger partial charge in [-0.1, -0.05) is 74.5 Å². The van der Waals surface area contributed by atoms with Gasteiger partial charge in [0.2, 0.25) is 17.7 Å². The summed E-state index contributed by atoms with van der Waals surface area (Å²) in [5, 5.41) is 10.9. The molecule has 3 aromatic rings. The molecule has 3 rings (SSSR count). The smallest absolute Gasteiger partial charge is 0.235 e. The van der Waals surface area contributed by atoms with E-state index < -0.39 is 0 Å². The van der Waals surface area contributed by atoms with Gasteiger partial charge in [0.25, 0.3) is 0 Å². The Labute approximate surface area is 147 Å². The van der Waals surface area contributed by atoms with E-state index in [-0.39, 0.29) is 24.3 Å². The van der Waals surface area contributed by atoms with E-state index in [0.717, 1.165) is 11.1 Å². The highest BCUT2D eigenvalue weighted by molar-refractivity contribution is 5.87. The van der Waals surface area contributed by atoms with Gasteiger partial charge >= 0.3 is 0 Å². The van der Waals surface area contributed by atoms with E-state index in [1.165, 1.54) is 0 Å². The molecule has 0 unspecified atom stereocenters. The minimum atomic E-state index is -0.380. The largest absolute Gasteiger partial charge is 0.423 e. The van der Waals surface area contributed by atoms with Gasteiger partial charge in [-0.3, -0.25) is 4.79 Å². The summed E-state index contributed by atoms with van der Waals surface area (Å²) in [6.45, 7) is 4.18. The van der Waals surface area contributed by atoms with Crippen LogP contribution in [0, 0.1) is 0 Å². The average molecular weight is 335 g/mol. The van der Waals surface area contributed by atoms with Crippen LogP contribution in [-0.4, -0.2) is 16.1 Å². The van der Waals surface area contributed by atoms with Crippen LogP contribution in [0.4, 0.5) is 0 Å². The molecule has 1 amide bonds. The number of carbonyl (C=O) groups excluding carboxylic acids is 1. The third-order valence-electron chi connectivity index (χ3n) is 3.92. The van der Waals surface area contributed by atoms with Crippen molar-refractivity contribution in [2.45, 2.75) is 32.2 Å². The standard InChI is InChI=1S/C20H21N3O2/c1-14(2)20-23-22-17(25-20)13-21-19(24)18(15-9-5-3-6-10-15)16-11-7-4-8-12-16/h3-12,14,18H,13H2,1-2H3,(H,21,24). The lowest BCUT2D eigenvalue weighted by Gasteiger charge is -2.17. The molecular formula is C20H21N3O2. The van der Waals surface area contributed by atoms with Gasteiger partial charge in [0.15, 0.2) is 0 Å². The zero-order valence-corrected chi connectivity index (χ0v) is 14.3. The van der Waals surface area contributed by atoms with Crippen LogP contribution in [0.1, 0.15) is 48.6 Å². The highest BCUT2D eigenvalue weighted by Gasteiger charge is 2.23. The highest BCUT2D eigenvalue weighted by Crippen LogP contribution is 2.24. The Bertz CT molecular complexity index is 774. The number of carbonyl (C=O) groups is 1. The average Bonchev–Trinajstić information content (AvgIpc) is 3.11. The summed E-state index contributed by atoms with van der Waals surface area (Å²) in [7, 11) is 0. The first-order valence-electron chi connectivity index (χ1n) is 8.35. The van der Waals surface area contributed by atoms with E-state index in [2.05, 4.69) is 15.5 Å². The number of hydrogen-bond donors (Lipinski definition) is 1. The lowest BCUT2D eigenvalue weighted by atomic mass is 9.90. The Morgan fingerprint density at radius 3 is 2.00 bits per heavy atom. The maximum Gasteiger partial charge on any atom is 0.235 e. The van der Waals surface area contributed by atoms with E-state index >= 15 is 0 Å². The summed E-state index contributed by atoms with van der Waals surface area (Å²) in [6.07, 6.45) is 0. The molecule has 0 aliphatic heterocycles.